The first-order chi connectivity index (χ1) is 12.2. The fraction of sp³-hybridized carbons (Fsp3) is 0.650. The Kier molecular flexibility index (Phi) is 8.63. The van der Waals surface area contributed by atoms with Crippen LogP contribution in [0, 0.1) is 0 Å². The third-order valence-electron chi connectivity index (χ3n) is 5.53. The Morgan fingerprint density at radius 2 is 2.08 bits per heavy atom. The first-order valence-electron chi connectivity index (χ1n) is 9.52. The Morgan fingerprint density at radius 3 is 2.69 bits per heavy atom. The molecule has 6 heteroatoms. The van der Waals surface area contributed by atoms with Gasteiger partial charge in [0.05, 0.1) is 18.2 Å². The van der Waals surface area contributed by atoms with Gasteiger partial charge in [0.15, 0.2) is 5.96 Å². The van der Waals surface area contributed by atoms with Gasteiger partial charge in [-0.1, -0.05) is 30.3 Å². The number of guanidine groups is 1. The summed E-state index contributed by atoms with van der Waals surface area (Å²) in [5.41, 5.74) is 1.36. The highest BCUT2D eigenvalue weighted by atomic mass is 127. The van der Waals surface area contributed by atoms with Gasteiger partial charge in [0.25, 0.3) is 0 Å². The number of ether oxygens (including phenoxy) is 1. The van der Waals surface area contributed by atoms with Gasteiger partial charge in [-0.2, -0.15) is 0 Å². The highest BCUT2D eigenvalue weighted by molar-refractivity contribution is 14.0. The molecule has 2 fully saturated rings. The molecule has 2 aliphatic rings. The van der Waals surface area contributed by atoms with Crippen molar-refractivity contribution in [2.45, 2.75) is 63.4 Å². The highest BCUT2D eigenvalue weighted by Crippen LogP contribution is 2.34. The van der Waals surface area contributed by atoms with E-state index in [1.807, 2.05) is 7.05 Å². The summed E-state index contributed by atoms with van der Waals surface area (Å²) in [5.74, 6) is 0.902. The van der Waals surface area contributed by atoms with E-state index in [0.717, 1.165) is 31.9 Å². The predicted octanol–water partition coefficient (Wildman–Crippen LogP) is 3.00. The van der Waals surface area contributed by atoms with E-state index in [0.29, 0.717) is 24.3 Å². The van der Waals surface area contributed by atoms with Crippen molar-refractivity contribution >= 4 is 29.9 Å². The summed E-state index contributed by atoms with van der Waals surface area (Å²) in [6.45, 7) is 4.18. The zero-order valence-corrected chi connectivity index (χ0v) is 18.5. The Hall–Kier alpha value is -0.860. The number of halogens is 1. The topological polar surface area (TPSA) is 48.9 Å². The maximum absolute atomic E-state index is 5.91. The van der Waals surface area contributed by atoms with Crippen LogP contribution >= 0.6 is 24.0 Å². The molecule has 0 aliphatic carbocycles. The Morgan fingerprint density at radius 1 is 1.31 bits per heavy atom. The average Bonchev–Trinajstić information content (AvgIpc) is 3.24. The van der Waals surface area contributed by atoms with E-state index in [1.165, 1.54) is 18.4 Å². The van der Waals surface area contributed by atoms with Crippen LogP contribution in [0.2, 0.25) is 0 Å². The molecule has 0 aromatic heterocycles. The second-order valence-corrected chi connectivity index (χ2v) is 7.40. The molecule has 0 amide bonds. The molecule has 2 heterocycles. The number of fused-ring (bicyclic) bond motifs is 2. The van der Waals surface area contributed by atoms with Gasteiger partial charge in [-0.25, -0.2) is 0 Å². The minimum atomic E-state index is 0. The first-order valence-corrected chi connectivity index (χ1v) is 9.52. The van der Waals surface area contributed by atoms with Crippen LogP contribution in [0.3, 0.4) is 0 Å². The normalized spacial score (nSPS) is 25.8. The van der Waals surface area contributed by atoms with Crippen molar-refractivity contribution in [1.82, 2.24) is 15.5 Å². The van der Waals surface area contributed by atoms with Crippen molar-refractivity contribution in [3.63, 3.8) is 0 Å². The molecule has 2 N–H and O–H groups in total. The second-order valence-electron chi connectivity index (χ2n) is 7.40. The third-order valence-corrected chi connectivity index (χ3v) is 5.53. The van der Waals surface area contributed by atoms with Gasteiger partial charge in [-0.15, -0.1) is 24.0 Å². The molecule has 26 heavy (non-hydrogen) atoms. The molecular formula is C20H33IN4O. The third kappa shape index (κ3) is 5.82. The number of nitrogens with zero attached hydrogens (tertiary/aromatic N) is 2. The minimum absolute atomic E-state index is 0. The van der Waals surface area contributed by atoms with E-state index in [-0.39, 0.29) is 24.0 Å². The quantitative estimate of drug-likeness (QED) is 0.364. The largest absolute Gasteiger partial charge is 0.373 e. The van der Waals surface area contributed by atoms with Gasteiger partial charge in [-0.05, 0) is 45.2 Å². The number of hydrogen-bond acceptors (Lipinski definition) is 3. The van der Waals surface area contributed by atoms with Crippen molar-refractivity contribution in [1.29, 1.82) is 0 Å². The number of aliphatic imine (C=N–C) groups is 1. The van der Waals surface area contributed by atoms with Gasteiger partial charge >= 0.3 is 0 Å². The van der Waals surface area contributed by atoms with Crippen molar-refractivity contribution in [2.24, 2.45) is 4.99 Å². The van der Waals surface area contributed by atoms with Crippen LogP contribution in [-0.4, -0.2) is 55.8 Å². The fourth-order valence-corrected chi connectivity index (χ4v) is 3.81. The summed E-state index contributed by atoms with van der Waals surface area (Å²) >= 11 is 0. The van der Waals surface area contributed by atoms with Gasteiger partial charge in [-0.3, -0.25) is 9.89 Å². The molecule has 2 bridgehead atoms. The molecule has 4 unspecified atom stereocenters. The van der Waals surface area contributed by atoms with Crippen molar-refractivity contribution in [3.8, 4) is 0 Å². The lowest BCUT2D eigenvalue weighted by Crippen LogP contribution is -2.48. The van der Waals surface area contributed by atoms with Crippen LogP contribution in [0.25, 0.3) is 0 Å². The Balaban J connectivity index is 0.00000243. The van der Waals surface area contributed by atoms with Gasteiger partial charge in [0.2, 0.25) is 0 Å². The average molecular weight is 472 g/mol. The van der Waals surface area contributed by atoms with E-state index in [2.05, 4.69) is 64.8 Å². The summed E-state index contributed by atoms with van der Waals surface area (Å²) in [6.07, 6.45) is 5.44. The lowest BCUT2D eigenvalue weighted by Gasteiger charge is -2.26. The zero-order valence-electron chi connectivity index (χ0n) is 16.1. The molecule has 2 aliphatic heterocycles. The van der Waals surface area contributed by atoms with Crippen molar-refractivity contribution in [3.05, 3.63) is 35.9 Å². The highest BCUT2D eigenvalue weighted by Gasteiger charge is 2.41. The van der Waals surface area contributed by atoms with Crippen LogP contribution in [0.5, 0.6) is 0 Å². The fourth-order valence-electron chi connectivity index (χ4n) is 3.81. The molecule has 0 radical (unpaired) electrons. The Labute approximate surface area is 175 Å². The lowest BCUT2D eigenvalue weighted by atomic mass is 9.96. The summed E-state index contributed by atoms with van der Waals surface area (Å²) in [4.78, 5) is 6.77. The van der Waals surface area contributed by atoms with Crippen LogP contribution < -0.4 is 10.6 Å². The van der Waals surface area contributed by atoms with Crippen LogP contribution in [-0.2, 0) is 11.3 Å². The van der Waals surface area contributed by atoms with Gasteiger partial charge < -0.3 is 15.4 Å². The van der Waals surface area contributed by atoms with E-state index in [9.17, 15) is 0 Å². The molecule has 4 atom stereocenters. The van der Waals surface area contributed by atoms with Crippen LogP contribution in [0.1, 0.15) is 38.2 Å². The van der Waals surface area contributed by atoms with Crippen molar-refractivity contribution < 1.29 is 4.74 Å². The van der Waals surface area contributed by atoms with Crippen LogP contribution in [0.15, 0.2) is 35.3 Å². The SMILES string of the molecule is CN=C(NCCC(C)N(C)Cc1ccccc1)NC1CC2CCC1O2.I. The molecule has 3 rings (SSSR count). The molecule has 1 aromatic carbocycles. The smallest absolute Gasteiger partial charge is 0.191 e. The van der Waals surface area contributed by atoms with Crippen LogP contribution in [0.4, 0.5) is 0 Å². The maximum Gasteiger partial charge on any atom is 0.191 e. The van der Waals surface area contributed by atoms with E-state index in [1.54, 1.807) is 0 Å². The standard InChI is InChI=1S/C20H32N4O.HI/c1-15(24(3)14-16-7-5-4-6-8-16)11-12-22-20(21-2)23-18-13-17-9-10-19(18)25-17;/h4-8,15,17-19H,9-14H2,1-3H3,(H2,21,22,23);1H. The van der Waals surface area contributed by atoms with Gasteiger partial charge in [0.1, 0.15) is 0 Å². The lowest BCUT2D eigenvalue weighted by molar-refractivity contribution is 0.0992. The van der Waals surface area contributed by atoms with Crippen molar-refractivity contribution in [2.75, 3.05) is 20.6 Å². The van der Waals surface area contributed by atoms with Gasteiger partial charge in [0, 0.05) is 26.2 Å². The monoisotopic (exact) mass is 472 g/mol. The number of benzene rings is 1. The zero-order chi connectivity index (χ0) is 17.6. The molecule has 0 spiro atoms. The molecule has 0 saturated carbocycles. The van der Waals surface area contributed by atoms with E-state index in [4.69, 9.17) is 4.74 Å². The molecule has 2 saturated heterocycles. The number of hydrogen-bond donors (Lipinski definition) is 2. The molecule has 146 valence electrons. The minimum Gasteiger partial charge on any atom is -0.373 e. The number of rotatable bonds is 7. The summed E-state index contributed by atoms with van der Waals surface area (Å²) in [5, 5.41) is 7.00. The molecule has 1 aromatic rings. The molecule has 5 nitrogen and oxygen atoms in total. The Bertz CT molecular complexity index is 568. The second kappa shape index (κ2) is 10.5. The van der Waals surface area contributed by atoms with E-state index < -0.39 is 0 Å². The summed E-state index contributed by atoms with van der Waals surface area (Å²) in [7, 11) is 4.03. The molecular weight excluding hydrogens is 439 g/mol. The number of nitrogens with one attached hydrogen (secondary N) is 2. The summed E-state index contributed by atoms with van der Waals surface area (Å²) in [6, 6.07) is 11.6. The predicted molar refractivity (Wildman–Crippen MR) is 118 cm³/mol. The summed E-state index contributed by atoms with van der Waals surface area (Å²) < 4.78 is 5.91. The first kappa shape index (κ1) is 21.4. The maximum atomic E-state index is 5.91. The van der Waals surface area contributed by atoms with E-state index >= 15 is 0 Å².